The topological polar surface area (TPSA) is 44.8 Å². The molecule has 2 rings (SSSR count). The quantitative estimate of drug-likeness (QED) is 0.769. The lowest BCUT2D eigenvalue weighted by molar-refractivity contribution is 0.617. The molecule has 86 valence electrons. The maximum atomic E-state index is 11.8. The highest BCUT2D eigenvalue weighted by molar-refractivity contribution is 4.95. The first-order valence-electron chi connectivity index (χ1n) is 5.51. The summed E-state index contributed by atoms with van der Waals surface area (Å²) in [7, 11) is 0. The van der Waals surface area contributed by atoms with Gasteiger partial charge >= 0.3 is 5.69 Å². The largest absolute Gasteiger partial charge is 0.334 e. The van der Waals surface area contributed by atoms with Crippen LogP contribution < -0.4 is 5.69 Å². The van der Waals surface area contributed by atoms with Gasteiger partial charge in [0, 0.05) is 37.9 Å². The molecule has 0 saturated heterocycles. The van der Waals surface area contributed by atoms with Crippen LogP contribution in [0.15, 0.2) is 29.6 Å². The maximum Gasteiger partial charge on any atom is 0.328 e. The summed E-state index contributed by atoms with van der Waals surface area (Å²) in [5.74, 6) is 0.915. The summed E-state index contributed by atoms with van der Waals surface area (Å²) in [5.41, 5.74) is 0.0214. The van der Waals surface area contributed by atoms with Crippen LogP contribution >= 0.6 is 0 Å². The van der Waals surface area contributed by atoms with Crippen LogP contribution in [0.25, 0.3) is 0 Å². The van der Waals surface area contributed by atoms with Crippen LogP contribution in [0.5, 0.6) is 0 Å². The molecule has 0 aliphatic rings. The number of nitrogens with zero attached hydrogens (tertiary/aromatic N) is 4. The fourth-order valence-corrected chi connectivity index (χ4v) is 1.75. The van der Waals surface area contributed by atoms with E-state index in [2.05, 4.69) is 11.9 Å². The Labute approximate surface area is 94.0 Å². The van der Waals surface area contributed by atoms with Crippen LogP contribution in [0.1, 0.15) is 19.7 Å². The molecular weight excluding hydrogens is 204 g/mol. The average molecular weight is 220 g/mol. The average Bonchev–Trinajstić information content (AvgIpc) is 2.87. The van der Waals surface area contributed by atoms with Crippen molar-refractivity contribution in [2.75, 3.05) is 0 Å². The number of aryl methyl sites for hydroxylation is 2. The van der Waals surface area contributed by atoms with Crippen LogP contribution in [0, 0.1) is 0 Å². The molecule has 0 saturated carbocycles. The maximum absolute atomic E-state index is 11.8. The third-order valence-electron chi connectivity index (χ3n) is 2.71. The Kier molecular flexibility index (Phi) is 2.94. The van der Waals surface area contributed by atoms with E-state index in [1.165, 1.54) is 0 Å². The van der Waals surface area contributed by atoms with E-state index >= 15 is 0 Å². The van der Waals surface area contributed by atoms with E-state index in [0.29, 0.717) is 13.1 Å². The smallest absolute Gasteiger partial charge is 0.328 e. The molecule has 0 aromatic carbocycles. The molecule has 5 heteroatoms. The Morgan fingerprint density at radius 3 is 2.38 bits per heavy atom. The van der Waals surface area contributed by atoms with Gasteiger partial charge in [0.15, 0.2) is 0 Å². The first-order valence-corrected chi connectivity index (χ1v) is 5.51. The van der Waals surface area contributed by atoms with Crippen LogP contribution in [0.3, 0.4) is 0 Å². The Morgan fingerprint density at radius 1 is 1.06 bits per heavy atom. The van der Waals surface area contributed by atoms with E-state index in [-0.39, 0.29) is 5.69 Å². The van der Waals surface area contributed by atoms with Crippen molar-refractivity contribution >= 4 is 0 Å². The van der Waals surface area contributed by atoms with Crippen molar-refractivity contribution in [1.29, 1.82) is 0 Å². The highest BCUT2D eigenvalue weighted by atomic mass is 16.1. The van der Waals surface area contributed by atoms with Gasteiger partial charge in [0.2, 0.25) is 0 Å². The predicted octanol–water partition coefficient (Wildman–Crippen LogP) is 0.934. The van der Waals surface area contributed by atoms with Crippen LogP contribution in [0.4, 0.5) is 0 Å². The summed E-state index contributed by atoms with van der Waals surface area (Å²) in [5, 5.41) is 0. The van der Waals surface area contributed by atoms with Gasteiger partial charge < -0.3 is 4.57 Å². The normalized spacial score (nSPS) is 10.9. The first-order chi connectivity index (χ1) is 7.76. The molecule has 16 heavy (non-hydrogen) atoms. The molecule has 0 N–H and O–H groups in total. The summed E-state index contributed by atoms with van der Waals surface area (Å²) in [6, 6.07) is 0. The van der Waals surface area contributed by atoms with Crippen LogP contribution in [-0.4, -0.2) is 18.7 Å². The minimum absolute atomic E-state index is 0.0214. The third kappa shape index (κ3) is 1.80. The van der Waals surface area contributed by atoms with E-state index < -0.39 is 0 Å². The lowest BCUT2D eigenvalue weighted by Gasteiger charge is -2.04. The summed E-state index contributed by atoms with van der Waals surface area (Å²) in [6.07, 6.45) is 7.31. The third-order valence-corrected chi connectivity index (χ3v) is 2.71. The molecule has 0 aliphatic heterocycles. The van der Waals surface area contributed by atoms with Gasteiger partial charge in [-0.25, -0.2) is 9.78 Å². The van der Waals surface area contributed by atoms with Gasteiger partial charge in [-0.3, -0.25) is 9.13 Å². The molecule has 0 unspecified atom stereocenters. The number of aromatic nitrogens is 4. The lowest BCUT2D eigenvalue weighted by atomic mass is 10.5. The molecule has 0 atom stereocenters. The van der Waals surface area contributed by atoms with Crippen molar-refractivity contribution in [3.63, 3.8) is 0 Å². The second-order valence-corrected chi connectivity index (χ2v) is 3.62. The Hall–Kier alpha value is -1.78. The van der Waals surface area contributed by atoms with Crippen LogP contribution in [0.2, 0.25) is 0 Å². The van der Waals surface area contributed by atoms with Crippen molar-refractivity contribution in [2.24, 2.45) is 0 Å². The van der Waals surface area contributed by atoms with Crippen molar-refractivity contribution in [2.45, 2.75) is 33.5 Å². The minimum Gasteiger partial charge on any atom is -0.334 e. The summed E-state index contributed by atoms with van der Waals surface area (Å²) >= 11 is 0. The fraction of sp³-hybridized carbons (Fsp3) is 0.455. The monoisotopic (exact) mass is 220 g/mol. The van der Waals surface area contributed by atoms with Gasteiger partial charge in [-0.15, -0.1) is 0 Å². The standard InChI is InChI=1S/C11H16N4O/c1-3-13-6-5-12-10(13)9-15-8-7-14(4-2)11(15)16/h5-8H,3-4,9H2,1-2H3. The highest BCUT2D eigenvalue weighted by Crippen LogP contribution is 1.99. The summed E-state index contributed by atoms with van der Waals surface area (Å²) in [4.78, 5) is 16.1. The second-order valence-electron chi connectivity index (χ2n) is 3.62. The van der Waals surface area contributed by atoms with E-state index in [1.807, 2.05) is 23.9 Å². The Bertz CT molecular complexity index is 520. The Balaban J connectivity index is 2.27. The van der Waals surface area contributed by atoms with Crippen LogP contribution in [-0.2, 0) is 19.6 Å². The van der Waals surface area contributed by atoms with E-state index in [0.717, 1.165) is 12.4 Å². The zero-order valence-corrected chi connectivity index (χ0v) is 9.63. The minimum atomic E-state index is 0.0214. The molecule has 0 bridgehead atoms. The van der Waals surface area contributed by atoms with Gasteiger partial charge in [-0.1, -0.05) is 0 Å². The zero-order valence-electron chi connectivity index (χ0n) is 9.63. The van der Waals surface area contributed by atoms with E-state index in [1.54, 1.807) is 21.5 Å². The fourth-order valence-electron chi connectivity index (χ4n) is 1.75. The van der Waals surface area contributed by atoms with Crippen molar-refractivity contribution in [1.82, 2.24) is 18.7 Å². The molecule has 0 spiro atoms. The molecule has 2 aromatic rings. The molecule has 0 fully saturated rings. The van der Waals surface area contributed by atoms with Crippen molar-refractivity contribution in [3.05, 3.63) is 41.1 Å². The number of rotatable bonds is 4. The molecule has 2 aromatic heterocycles. The molecular formula is C11H16N4O. The number of hydrogen-bond acceptors (Lipinski definition) is 2. The van der Waals surface area contributed by atoms with E-state index in [4.69, 9.17) is 0 Å². The van der Waals surface area contributed by atoms with Gasteiger partial charge in [-0.2, -0.15) is 0 Å². The number of hydrogen-bond donors (Lipinski definition) is 0. The molecule has 2 heterocycles. The molecule has 0 amide bonds. The molecule has 0 radical (unpaired) electrons. The van der Waals surface area contributed by atoms with Gasteiger partial charge in [0.25, 0.3) is 0 Å². The van der Waals surface area contributed by atoms with Crippen molar-refractivity contribution < 1.29 is 0 Å². The lowest BCUT2D eigenvalue weighted by Crippen LogP contribution is -2.24. The zero-order chi connectivity index (χ0) is 11.5. The van der Waals surface area contributed by atoms with Gasteiger partial charge in [0.1, 0.15) is 5.82 Å². The predicted molar refractivity (Wildman–Crippen MR) is 61.4 cm³/mol. The summed E-state index contributed by atoms with van der Waals surface area (Å²) < 4.78 is 5.40. The van der Waals surface area contributed by atoms with Gasteiger partial charge in [0.05, 0.1) is 6.54 Å². The Morgan fingerprint density at radius 2 is 1.75 bits per heavy atom. The van der Waals surface area contributed by atoms with Crippen molar-refractivity contribution in [3.8, 4) is 0 Å². The molecule has 5 nitrogen and oxygen atoms in total. The second kappa shape index (κ2) is 4.38. The molecule has 0 aliphatic carbocycles. The highest BCUT2D eigenvalue weighted by Gasteiger charge is 2.06. The van der Waals surface area contributed by atoms with Gasteiger partial charge in [-0.05, 0) is 13.8 Å². The number of imidazole rings is 2. The SMILES string of the molecule is CCn1ccnc1Cn1ccn(CC)c1=O. The first kappa shape index (κ1) is 10.7. The summed E-state index contributed by atoms with van der Waals surface area (Å²) in [6.45, 7) is 6.13. The van der Waals surface area contributed by atoms with E-state index in [9.17, 15) is 4.79 Å².